The van der Waals surface area contributed by atoms with Crippen molar-refractivity contribution in [1.29, 1.82) is 0 Å². The summed E-state index contributed by atoms with van der Waals surface area (Å²) in [4.78, 5) is 19.8. The van der Waals surface area contributed by atoms with E-state index in [-0.39, 0.29) is 5.91 Å². The Bertz CT molecular complexity index is 1060. The van der Waals surface area contributed by atoms with Gasteiger partial charge < -0.3 is 14.2 Å². The molecule has 2 fully saturated rings. The highest BCUT2D eigenvalue weighted by atomic mass is 16.5. The fraction of sp³-hybridized carbons (Fsp3) is 0.478. The van der Waals surface area contributed by atoms with Crippen LogP contribution in [0.2, 0.25) is 0 Å². The zero-order chi connectivity index (χ0) is 21.4. The molecule has 8 nitrogen and oxygen atoms in total. The van der Waals surface area contributed by atoms with Gasteiger partial charge in [-0.05, 0) is 51.7 Å². The van der Waals surface area contributed by atoms with E-state index in [2.05, 4.69) is 15.4 Å². The van der Waals surface area contributed by atoms with Crippen molar-refractivity contribution in [2.24, 2.45) is 0 Å². The van der Waals surface area contributed by atoms with E-state index < -0.39 is 0 Å². The van der Waals surface area contributed by atoms with E-state index >= 15 is 0 Å². The van der Waals surface area contributed by atoms with Crippen LogP contribution in [0.3, 0.4) is 0 Å². The van der Waals surface area contributed by atoms with Gasteiger partial charge in [0.15, 0.2) is 5.82 Å². The summed E-state index contributed by atoms with van der Waals surface area (Å²) in [6.07, 6.45) is 4.16. The van der Waals surface area contributed by atoms with Gasteiger partial charge in [-0.3, -0.25) is 9.89 Å². The average molecular weight is 422 g/mol. The molecular weight excluding hydrogens is 394 g/mol. The van der Waals surface area contributed by atoms with Gasteiger partial charge in [-0.1, -0.05) is 17.3 Å². The van der Waals surface area contributed by atoms with Gasteiger partial charge in [0, 0.05) is 24.9 Å². The van der Waals surface area contributed by atoms with Crippen LogP contribution >= 0.6 is 0 Å². The fourth-order valence-electron chi connectivity index (χ4n) is 4.15. The number of H-pyrrole nitrogens is 1. The van der Waals surface area contributed by atoms with Gasteiger partial charge >= 0.3 is 0 Å². The third-order valence-corrected chi connectivity index (χ3v) is 6.30. The van der Waals surface area contributed by atoms with Crippen molar-refractivity contribution < 1.29 is 14.1 Å². The monoisotopic (exact) mass is 421 g/mol. The Kier molecular flexibility index (Phi) is 5.21. The average Bonchev–Trinajstić information content (AvgIpc) is 3.44. The van der Waals surface area contributed by atoms with Gasteiger partial charge in [0.2, 0.25) is 0 Å². The van der Waals surface area contributed by atoms with Crippen molar-refractivity contribution in [2.45, 2.75) is 58.0 Å². The third-order valence-electron chi connectivity index (χ3n) is 6.30. The topological polar surface area (TPSA) is 97.1 Å². The minimum Gasteiger partial charge on any atom is -0.488 e. The highest BCUT2D eigenvalue weighted by molar-refractivity contribution is 5.97. The normalized spacial score (nSPS) is 17.2. The SMILES string of the molecule is Cc1noc(C)c1COc1ccccc1C(=O)N1CCC(c2nc(C3CC3)n[nH]2)CC1. The van der Waals surface area contributed by atoms with Crippen LogP contribution in [0.5, 0.6) is 5.75 Å². The molecule has 2 aromatic heterocycles. The van der Waals surface area contributed by atoms with E-state index in [4.69, 9.17) is 14.2 Å². The fourth-order valence-corrected chi connectivity index (χ4v) is 4.15. The van der Waals surface area contributed by atoms with Crippen molar-refractivity contribution in [3.05, 3.63) is 58.5 Å². The summed E-state index contributed by atoms with van der Waals surface area (Å²) >= 11 is 0. The molecule has 1 aromatic carbocycles. The first-order chi connectivity index (χ1) is 15.1. The molecule has 0 radical (unpaired) electrons. The quantitative estimate of drug-likeness (QED) is 0.649. The van der Waals surface area contributed by atoms with E-state index in [9.17, 15) is 4.79 Å². The smallest absolute Gasteiger partial charge is 0.257 e. The van der Waals surface area contributed by atoms with Crippen LogP contribution in [0, 0.1) is 13.8 Å². The summed E-state index contributed by atoms with van der Waals surface area (Å²) in [5.41, 5.74) is 2.31. The summed E-state index contributed by atoms with van der Waals surface area (Å²) in [6.45, 7) is 5.46. The number of nitrogens with one attached hydrogen (secondary N) is 1. The lowest BCUT2D eigenvalue weighted by Gasteiger charge is -2.31. The number of aromatic nitrogens is 4. The molecule has 1 aliphatic carbocycles. The summed E-state index contributed by atoms with van der Waals surface area (Å²) in [5.74, 6) is 4.13. The van der Waals surface area contributed by atoms with Crippen LogP contribution in [0.15, 0.2) is 28.8 Å². The van der Waals surface area contributed by atoms with Crippen molar-refractivity contribution in [3.63, 3.8) is 0 Å². The zero-order valence-corrected chi connectivity index (χ0v) is 17.9. The molecule has 1 saturated heterocycles. The lowest BCUT2D eigenvalue weighted by molar-refractivity contribution is 0.0706. The molecule has 3 heterocycles. The summed E-state index contributed by atoms with van der Waals surface area (Å²) in [6, 6.07) is 7.42. The largest absolute Gasteiger partial charge is 0.488 e. The number of carbonyl (C=O) groups is 1. The van der Waals surface area contributed by atoms with Crippen LogP contribution in [0.1, 0.15) is 76.5 Å². The molecular formula is C23H27N5O3. The molecule has 1 aliphatic heterocycles. The van der Waals surface area contributed by atoms with Gasteiger partial charge in [0.1, 0.15) is 23.9 Å². The Morgan fingerprint density at radius 2 is 1.94 bits per heavy atom. The molecule has 162 valence electrons. The van der Waals surface area contributed by atoms with Gasteiger partial charge in [-0.15, -0.1) is 0 Å². The predicted octanol–water partition coefficient (Wildman–Crippen LogP) is 3.89. The van der Waals surface area contributed by atoms with Crippen molar-refractivity contribution in [1.82, 2.24) is 25.2 Å². The molecule has 0 spiro atoms. The second kappa shape index (κ2) is 8.17. The minimum absolute atomic E-state index is 0.00375. The Labute approximate surface area is 181 Å². The molecule has 8 heteroatoms. The Hall–Kier alpha value is -3.16. The number of ether oxygens (including phenoxy) is 1. The number of benzene rings is 1. The van der Waals surface area contributed by atoms with E-state index in [1.807, 2.05) is 43.0 Å². The molecule has 1 N–H and O–H groups in total. The summed E-state index contributed by atoms with van der Waals surface area (Å²) < 4.78 is 11.2. The maximum atomic E-state index is 13.2. The van der Waals surface area contributed by atoms with E-state index in [1.165, 1.54) is 12.8 Å². The number of amides is 1. The maximum absolute atomic E-state index is 13.2. The standard InChI is InChI=1S/C23H27N5O3/c1-14-19(15(2)31-27-14)13-30-20-6-4-3-5-18(20)23(29)28-11-9-17(10-12-28)22-24-21(25-26-22)16-7-8-16/h3-6,16-17H,7-13H2,1-2H3,(H,24,25,26). The minimum atomic E-state index is 0.00375. The number of aryl methyl sites for hydroxylation is 2. The molecule has 31 heavy (non-hydrogen) atoms. The van der Waals surface area contributed by atoms with Crippen LogP contribution in [-0.2, 0) is 6.61 Å². The number of para-hydroxylation sites is 1. The number of rotatable bonds is 6. The first kappa shape index (κ1) is 19.8. The van der Waals surface area contributed by atoms with E-state index in [1.54, 1.807) is 0 Å². The number of carbonyl (C=O) groups excluding carboxylic acids is 1. The number of nitrogens with zero attached hydrogens (tertiary/aromatic N) is 4. The lowest BCUT2D eigenvalue weighted by atomic mass is 9.95. The zero-order valence-electron chi connectivity index (χ0n) is 17.9. The van der Waals surface area contributed by atoms with Crippen molar-refractivity contribution in [3.8, 4) is 5.75 Å². The third kappa shape index (κ3) is 4.06. The number of likely N-dealkylation sites (tertiary alicyclic amines) is 1. The first-order valence-corrected chi connectivity index (χ1v) is 10.9. The molecule has 0 atom stereocenters. The number of aromatic amines is 1. The Balaban J connectivity index is 1.23. The van der Waals surface area contributed by atoms with Crippen LogP contribution in [0.4, 0.5) is 0 Å². The molecule has 1 saturated carbocycles. The Morgan fingerprint density at radius 3 is 2.65 bits per heavy atom. The molecule has 1 amide bonds. The summed E-state index contributed by atoms with van der Waals surface area (Å²) in [7, 11) is 0. The number of hydrogen-bond donors (Lipinski definition) is 1. The molecule has 5 rings (SSSR count). The molecule has 0 bridgehead atoms. The van der Waals surface area contributed by atoms with Crippen molar-refractivity contribution in [2.75, 3.05) is 13.1 Å². The van der Waals surface area contributed by atoms with E-state index in [0.29, 0.717) is 42.8 Å². The second-order valence-electron chi connectivity index (χ2n) is 8.51. The molecule has 0 unspecified atom stereocenters. The van der Waals surface area contributed by atoms with Gasteiger partial charge in [-0.25, -0.2) is 4.98 Å². The van der Waals surface area contributed by atoms with Crippen LogP contribution in [-0.4, -0.2) is 44.2 Å². The van der Waals surface area contributed by atoms with Gasteiger partial charge in [0.05, 0.1) is 16.8 Å². The van der Waals surface area contributed by atoms with E-state index in [0.717, 1.165) is 41.5 Å². The van der Waals surface area contributed by atoms with Gasteiger partial charge in [-0.2, -0.15) is 5.10 Å². The molecule has 3 aromatic rings. The van der Waals surface area contributed by atoms with Crippen LogP contribution < -0.4 is 4.74 Å². The summed E-state index contributed by atoms with van der Waals surface area (Å²) in [5, 5.41) is 11.5. The van der Waals surface area contributed by atoms with Gasteiger partial charge in [0.25, 0.3) is 5.91 Å². The lowest BCUT2D eigenvalue weighted by Crippen LogP contribution is -2.38. The number of hydrogen-bond acceptors (Lipinski definition) is 6. The highest BCUT2D eigenvalue weighted by Crippen LogP contribution is 2.38. The van der Waals surface area contributed by atoms with Crippen LogP contribution in [0.25, 0.3) is 0 Å². The van der Waals surface area contributed by atoms with Crippen molar-refractivity contribution >= 4 is 5.91 Å². The highest BCUT2D eigenvalue weighted by Gasteiger charge is 2.31. The molecule has 2 aliphatic rings. The predicted molar refractivity (Wildman–Crippen MR) is 113 cm³/mol. The first-order valence-electron chi connectivity index (χ1n) is 10.9. The Morgan fingerprint density at radius 1 is 1.16 bits per heavy atom. The number of piperidine rings is 1. The maximum Gasteiger partial charge on any atom is 0.257 e. The second-order valence-corrected chi connectivity index (χ2v) is 8.51.